The molecule has 3 N–H and O–H groups in total. The van der Waals surface area contributed by atoms with Crippen LogP contribution < -0.4 is 15.2 Å². The lowest BCUT2D eigenvalue weighted by Gasteiger charge is -2.10. The second-order valence-corrected chi connectivity index (χ2v) is 4.30. The SMILES string of the molecule is CCOc1ccc(Oc2nc(C)ccc2C(N)=NO)cc1. The first-order chi connectivity index (χ1) is 10.1. The summed E-state index contributed by atoms with van der Waals surface area (Å²) in [6, 6.07) is 10.6. The highest BCUT2D eigenvalue weighted by Gasteiger charge is 2.11. The predicted molar refractivity (Wildman–Crippen MR) is 79.2 cm³/mol. The summed E-state index contributed by atoms with van der Waals surface area (Å²) < 4.78 is 11.1. The van der Waals surface area contributed by atoms with Gasteiger partial charge in [-0.15, -0.1) is 0 Å². The van der Waals surface area contributed by atoms with Crippen LogP contribution in [-0.2, 0) is 0 Å². The number of pyridine rings is 1. The molecular weight excluding hydrogens is 270 g/mol. The van der Waals surface area contributed by atoms with Gasteiger partial charge >= 0.3 is 0 Å². The molecule has 0 saturated heterocycles. The third-order valence-corrected chi connectivity index (χ3v) is 2.73. The number of hydrogen-bond acceptors (Lipinski definition) is 5. The minimum Gasteiger partial charge on any atom is -0.494 e. The molecule has 0 saturated carbocycles. The van der Waals surface area contributed by atoms with Gasteiger partial charge in [0.2, 0.25) is 5.88 Å². The van der Waals surface area contributed by atoms with E-state index in [0.717, 1.165) is 11.4 Å². The molecule has 2 rings (SSSR count). The Morgan fingerprint density at radius 2 is 1.86 bits per heavy atom. The third kappa shape index (κ3) is 3.62. The predicted octanol–water partition coefficient (Wildman–Crippen LogP) is 2.68. The Bertz CT molecular complexity index is 639. The molecule has 6 nitrogen and oxygen atoms in total. The van der Waals surface area contributed by atoms with Crippen LogP contribution in [-0.4, -0.2) is 22.6 Å². The number of oxime groups is 1. The maximum Gasteiger partial charge on any atom is 0.230 e. The molecule has 0 aliphatic carbocycles. The second kappa shape index (κ2) is 6.60. The molecule has 2 aromatic rings. The molecule has 1 aromatic heterocycles. The van der Waals surface area contributed by atoms with Crippen LogP contribution >= 0.6 is 0 Å². The van der Waals surface area contributed by atoms with E-state index >= 15 is 0 Å². The van der Waals surface area contributed by atoms with Gasteiger partial charge in [-0.1, -0.05) is 5.16 Å². The average molecular weight is 287 g/mol. The molecule has 1 aromatic carbocycles. The lowest BCUT2D eigenvalue weighted by molar-refractivity contribution is 0.318. The summed E-state index contributed by atoms with van der Waals surface area (Å²) in [5.41, 5.74) is 6.82. The van der Waals surface area contributed by atoms with Crippen LogP contribution in [0.2, 0.25) is 0 Å². The van der Waals surface area contributed by atoms with Gasteiger partial charge in [0.1, 0.15) is 11.5 Å². The molecule has 110 valence electrons. The monoisotopic (exact) mass is 287 g/mol. The first-order valence-corrected chi connectivity index (χ1v) is 6.50. The van der Waals surface area contributed by atoms with Gasteiger partial charge < -0.3 is 20.4 Å². The minimum atomic E-state index is -0.0524. The summed E-state index contributed by atoms with van der Waals surface area (Å²) in [6.45, 7) is 4.36. The number of nitrogens with zero attached hydrogens (tertiary/aromatic N) is 2. The Labute approximate surface area is 122 Å². The normalized spacial score (nSPS) is 11.2. The van der Waals surface area contributed by atoms with Crippen LogP contribution in [0, 0.1) is 6.92 Å². The number of hydrogen-bond donors (Lipinski definition) is 2. The van der Waals surface area contributed by atoms with Crippen molar-refractivity contribution in [3.8, 4) is 17.4 Å². The zero-order valence-electron chi connectivity index (χ0n) is 11.9. The van der Waals surface area contributed by atoms with Crippen LogP contribution in [0.4, 0.5) is 0 Å². The van der Waals surface area contributed by atoms with E-state index < -0.39 is 0 Å². The Morgan fingerprint density at radius 3 is 2.48 bits per heavy atom. The van der Waals surface area contributed by atoms with Crippen molar-refractivity contribution in [2.45, 2.75) is 13.8 Å². The molecule has 0 atom stereocenters. The quantitative estimate of drug-likeness (QED) is 0.382. The van der Waals surface area contributed by atoms with E-state index in [2.05, 4.69) is 10.1 Å². The second-order valence-electron chi connectivity index (χ2n) is 4.30. The summed E-state index contributed by atoms with van der Waals surface area (Å²) in [7, 11) is 0. The third-order valence-electron chi connectivity index (χ3n) is 2.73. The van der Waals surface area contributed by atoms with E-state index in [0.29, 0.717) is 17.9 Å². The molecule has 0 radical (unpaired) electrons. The highest BCUT2D eigenvalue weighted by atomic mass is 16.5. The lowest BCUT2D eigenvalue weighted by atomic mass is 10.2. The fraction of sp³-hybridized carbons (Fsp3) is 0.200. The molecule has 0 bridgehead atoms. The molecule has 0 aliphatic rings. The fourth-order valence-corrected chi connectivity index (χ4v) is 1.74. The minimum absolute atomic E-state index is 0.0524. The van der Waals surface area contributed by atoms with Crippen molar-refractivity contribution in [2.24, 2.45) is 10.9 Å². The summed E-state index contributed by atoms with van der Waals surface area (Å²) in [5, 5.41) is 11.8. The maximum atomic E-state index is 8.81. The van der Waals surface area contributed by atoms with E-state index in [9.17, 15) is 0 Å². The molecule has 6 heteroatoms. The van der Waals surface area contributed by atoms with Gasteiger partial charge in [0.15, 0.2) is 5.84 Å². The molecular formula is C15H17N3O3. The van der Waals surface area contributed by atoms with Crippen molar-refractivity contribution < 1.29 is 14.7 Å². The van der Waals surface area contributed by atoms with E-state index in [4.69, 9.17) is 20.4 Å². The number of aryl methyl sites for hydroxylation is 1. The van der Waals surface area contributed by atoms with Crippen molar-refractivity contribution in [3.63, 3.8) is 0 Å². The number of rotatable bonds is 5. The number of benzene rings is 1. The smallest absolute Gasteiger partial charge is 0.230 e. The topological polar surface area (TPSA) is 90.0 Å². The molecule has 0 spiro atoms. The Kier molecular flexibility index (Phi) is 4.61. The Morgan fingerprint density at radius 1 is 1.19 bits per heavy atom. The van der Waals surface area contributed by atoms with Crippen LogP contribution in [0.5, 0.6) is 17.4 Å². The highest BCUT2D eigenvalue weighted by Crippen LogP contribution is 2.25. The summed E-state index contributed by atoms with van der Waals surface area (Å²) in [6.07, 6.45) is 0. The zero-order chi connectivity index (χ0) is 15.2. The average Bonchev–Trinajstić information content (AvgIpc) is 2.49. The van der Waals surface area contributed by atoms with E-state index in [-0.39, 0.29) is 11.7 Å². The molecule has 0 aliphatic heterocycles. The lowest BCUT2D eigenvalue weighted by Crippen LogP contribution is -2.15. The Balaban J connectivity index is 2.28. The van der Waals surface area contributed by atoms with Gasteiger partial charge in [-0.25, -0.2) is 4.98 Å². The van der Waals surface area contributed by atoms with Crippen molar-refractivity contribution in [3.05, 3.63) is 47.7 Å². The Hall–Kier alpha value is -2.76. The number of aromatic nitrogens is 1. The molecule has 1 heterocycles. The van der Waals surface area contributed by atoms with Gasteiger partial charge in [0.25, 0.3) is 0 Å². The summed E-state index contributed by atoms with van der Waals surface area (Å²) in [5.74, 6) is 1.58. The van der Waals surface area contributed by atoms with Crippen LogP contribution in [0.25, 0.3) is 0 Å². The van der Waals surface area contributed by atoms with Crippen LogP contribution in [0.3, 0.4) is 0 Å². The largest absolute Gasteiger partial charge is 0.494 e. The van der Waals surface area contributed by atoms with Gasteiger partial charge in [-0.05, 0) is 50.2 Å². The van der Waals surface area contributed by atoms with Crippen LogP contribution in [0.1, 0.15) is 18.2 Å². The maximum absolute atomic E-state index is 8.81. The molecule has 21 heavy (non-hydrogen) atoms. The van der Waals surface area contributed by atoms with Gasteiger partial charge in [-0.3, -0.25) is 0 Å². The number of ether oxygens (including phenoxy) is 2. The van der Waals surface area contributed by atoms with Crippen molar-refractivity contribution in [1.29, 1.82) is 0 Å². The fourth-order valence-electron chi connectivity index (χ4n) is 1.74. The van der Waals surface area contributed by atoms with E-state index in [1.165, 1.54) is 0 Å². The van der Waals surface area contributed by atoms with Gasteiger partial charge in [0.05, 0.1) is 12.2 Å². The number of amidine groups is 1. The summed E-state index contributed by atoms with van der Waals surface area (Å²) in [4.78, 5) is 4.27. The van der Waals surface area contributed by atoms with Crippen molar-refractivity contribution in [2.75, 3.05) is 6.61 Å². The van der Waals surface area contributed by atoms with E-state index in [1.54, 1.807) is 36.4 Å². The standard InChI is InChI=1S/C15H17N3O3/c1-3-20-11-5-7-12(8-6-11)21-15-13(14(16)18-19)9-4-10(2)17-15/h4-9,19H,3H2,1-2H3,(H2,16,18). The summed E-state index contributed by atoms with van der Waals surface area (Å²) >= 11 is 0. The molecule has 0 amide bonds. The zero-order valence-corrected chi connectivity index (χ0v) is 11.9. The van der Waals surface area contributed by atoms with Crippen LogP contribution in [0.15, 0.2) is 41.6 Å². The van der Waals surface area contributed by atoms with Gasteiger partial charge in [-0.2, -0.15) is 0 Å². The van der Waals surface area contributed by atoms with E-state index in [1.807, 2.05) is 13.8 Å². The molecule has 0 unspecified atom stereocenters. The molecule has 0 fully saturated rings. The van der Waals surface area contributed by atoms with Gasteiger partial charge in [0, 0.05) is 5.69 Å². The first kappa shape index (κ1) is 14.6. The highest BCUT2D eigenvalue weighted by molar-refractivity contribution is 5.99. The van der Waals surface area contributed by atoms with Crippen molar-refractivity contribution >= 4 is 5.84 Å². The number of nitrogens with two attached hydrogens (primary N) is 1. The first-order valence-electron chi connectivity index (χ1n) is 6.50. The van der Waals surface area contributed by atoms with Crippen molar-refractivity contribution in [1.82, 2.24) is 4.98 Å².